The highest BCUT2D eigenvalue weighted by atomic mass is 32.1. The number of likely N-dealkylation sites (N-methyl/N-ethyl adjacent to an activating group) is 1. The van der Waals surface area contributed by atoms with E-state index in [4.69, 9.17) is 12.2 Å². The molecule has 112 valence electrons. The Hall–Kier alpha value is -2.73. The molecule has 2 aromatic carbocycles. The number of hydrazone groups is 1. The minimum atomic E-state index is -0.291. The van der Waals surface area contributed by atoms with Crippen LogP contribution in [-0.4, -0.2) is 23.8 Å². The molecule has 5 nitrogen and oxygen atoms in total. The molecule has 0 aliphatic rings. The molecule has 2 aromatic rings. The van der Waals surface area contributed by atoms with Gasteiger partial charge in [-0.1, -0.05) is 48.5 Å². The first-order valence-corrected chi connectivity index (χ1v) is 7.09. The molecule has 6 heteroatoms. The summed E-state index contributed by atoms with van der Waals surface area (Å²) in [6.45, 7) is 0. The first-order valence-electron chi connectivity index (χ1n) is 6.68. The van der Waals surface area contributed by atoms with Crippen LogP contribution in [0.2, 0.25) is 0 Å². The van der Waals surface area contributed by atoms with E-state index >= 15 is 0 Å². The molecule has 2 rings (SSSR count). The Morgan fingerprint density at radius 3 is 2.18 bits per heavy atom. The molecule has 1 amide bonds. The van der Waals surface area contributed by atoms with Gasteiger partial charge in [-0.25, -0.2) is 0 Å². The summed E-state index contributed by atoms with van der Waals surface area (Å²) in [5.74, 6) is -0.291. The van der Waals surface area contributed by atoms with Gasteiger partial charge in [-0.3, -0.25) is 10.2 Å². The lowest BCUT2D eigenvalue weighted by atomic mass is 10.1. The average molecular weight is 312 g/mol. The predicted molar refractivity (Wildman–Crippen MR) is 92.8 cm³/mol. The van der Waals surface area contributed by atoms with Crippen molar-refractivity contribution in [1.29, 1.82) is 0 Å². The van der Waals surface area contributed by atoms with Gasteiger partial charge in [0.2, 0.25) is 0 Å². The number of hydrogen-bond acceptors (Lipinski definition) is 3. The van der Waals surface area contributed by atoms with E-state index in [0.29, 0.717) is 10.7 Å². The Morgan fingerprint density at radius 1 is 1.00 bits per heavy atom. The van der Waals surface area contributed by atoms with Crippen LogP contribution in [0.15, 0.2) is 65.8 Å². The maximum Gasteiger partial charge on any atom is 0.272 e. The summed E-state index contributed by atoms with van der Waals surface area (Å²) in [6.07, 6.45) is 0. The van der Waals surface area contributed by atoms with Gasteiger partial charge in [0, 0.05) is 18.3 Å². The van der Waals surface area contributed by atoms with Gasteiger partial charge in [0.25, 0.3) is 5.91 Å². The number of amides is 1. The number of rotatable bonds is 4. The first-order chi connectivity index (χ1) is 10.7. The van der Waals surface area contributed by atoms with Crippen LogP contribution >= 0.6 is 12.2 Å². The van der Waals surface area contributed by atoms with Gasteiger partial charge in [-0.05, 0) is 24.4 Å². The minimum Gasteiger partial charge on any atom is -0.354 e. The zero-order valence-corrected chi connectivity index (χ0v) is 12.9. The fourth-order valence-electron chi connectivity index (χ4n) is 1.75. The van der Waals surface area contributed by atoms with Crippen molar-refractivity contribution in [2.45, 2.75) is 0 Å². The lowest BCUT2D eigenvalue weighted by Crippen LogP contribution is -2.32. The number of hydrogen-bond donors (Lipinski definition) is 3. The molecule has 0 atom stereocenters. The van der Waals surface area contributed by atoms with E-state index in [-0.39, 0.29) is 11.6 Å². The molecule has 0 bridgehead atoms. The highest BCUT2D eigenvalue weighted by Crippen LogP contribution is 2.05. The van der Waals surface area contributed by atoms with Crippen molar-refractivity contribution in [3.63, 3.8) is 0 Å². The van der Waals surface area contributed by atoms with E-state index in [1.165, 1.54) is 0 Å². The fraction of sp³-hybridized carbons (Fsp3) is 0.0625. The van der Waals surface area contributed by atoms with Crippen molar-refractivity contribution in [2.24, 2.45) is 5.10 Å². The smallest absolute Gasteiger partial charge is 0.272 e. The molecule has 0 aromatic heterocycles. The van der Waals surface area contributed by atoms with Crippen molar-refractivity contribution in [1.82, 2.24) is 10.7 Å². The van der Waals surface area contributed by atoms with Crippen LogP contribution in [0.25, 0.3) is 0 Å². The minimum absolute atomic E-state index is 0.264. The number of anilines is 1. The average Bonchev–Trinajstić information content (AvgIpc) is 2.56. The van der Waals surface area contributed by atoms with Gasteiger partial charge in [0.05, 0.1) is 0 Å². The van der Waals surface area contributed by atoms with Crippen molar-refractivity contribution in [3.8, 4) is 0 Å². The maximum absolute atomic E-state index is 11.9. The topological polar surface area (TPSA) is 65.5 Å². The van der Waals surface area contributed by atoms with E-state index in [2.05, 4.69) is 21.2 Å². The highest BCUT2D eigenvalue weighted by Gasteiger charge is 2.12. The standard InChI is InChI=1S/C16H16N4OS/c1-17-15(21)14(12-8-4-2-5-9-12)19-20-16(22)18-13-10-6-3-7-11-13/h2-11H,1H3,(H,17,21)(H2,18,20,22)/b19-14-. The van der Waals surface area contributed by atoms with Gasteiger partial charge in [0.15, 0.2) is 10.8 Å². The molecular weight excluding hydrogens is 296 g/mol. The van der Waals surface area contributed by atoms with E-state index in [1.807, 2.05) is 60.7 Å². The van der Waals surface area contributed by atoms with Gasteiger partial charge in [-0.2, -0.15) is 5.10 Å². The number of benzene rings is 2. The van der Waals surface area contributed by atoms with Crippen molar-refractivity contribution in [3.05, 3.63) is 66.2 Å². The first kappa shape index (κ1) is 15.7. The van der Waals surface area contributed by atoms with Gasteiger partial charge in [0.1, 0.15) is 0 Å². The number of para-hydroxylation sites is 1. The lowest BCUT2D eigenvalue weighted by molar-refractivity contribution is -0.114. The molecule has 0 heterocycles. The number of thiocarbonyl (C=S) groups is 1. The number of nitrogens with one attached hydrogen (secondary N) is 3. The molecule has 0 fully saturated rings. The van der Waals surface area contributed by atoms with Crippen LogP contribution in [0.1, 0.15) is 5.56 Å². The van der Waals surface area contributed by atoms with E-state index < -0.39 is 0 Å². The summed E-state index contributed by atoms with van der Waals surface area (Å²) in [5, 5.41) is 9.97. The Balaban J connectivity index is 2.10. The van der Waals surface area contributed by atoms with Crippen LogP contribution in [0, 0.1) is 0 Å². The molecule has 0 unspecified atom stereocenters. The molecule has 0 saturated heterocycles. The Labute approximate surface area is 134 Å². The van der Waals surface area contributed by atoms with Gasteiger partial charge < -0.3 is 10.6 Å². The van der Waals surface area contributed by atoms with Gasteiger partial charge >= 0.3 is 0 Å². The van der Waals surface area contributed by atoms with E-state index in [0.717, 1.165) is 5.69 Å². The zero-order chi connectivity index (χ0) is 15.8. The summed E-state index contributed by atoms with van der Waals surface area (Å²) in [5.41, 5.74) is 4.51. The molecule has 0 spiro atoms. The molecule has 3 N–H and O–H groups in total. The van der Waals surface area contributed by atoms with Crippen LogP contribution in [0.4, 0.5) is 5.69 Å². The number of nitrogens with zero attached hydrogens (tertiary/aromatic N) is 1. The SMILES string of the molecule is CNC(=O)/C(=N\NC(=S)Nc1ccccc1)c1ccccc1. The van der Waals surface area contributed by atoms with E-state index in [1.54, 1.807) is 7.05 Å². The van der Waals surface area contributed by atoms with Crippen LogP contribution in [0.3, 0.4) is 0 Å². The zero-order valence-electron chi connectivity index (χ0n) is 12.0. The fourth-order valence-corrected chi connectivity index (χ4v) is 1.91. The highest BCUT2D eigenvalue weighted by molar-refractivity contribution is 7.80. The second-order valence-corrected chi connectivity index (χ2v) is 4.75. The normalized spacial score (nSPS) is 10.7. The third kappa shape index (κ3) is 4.39. The summed E-state index contributed by atoms with van der Waals surface area (Å²) in [6, 6.07) is 18.7. The quantitative estimate of drug-likeness (QED) is 0.460. The third-order valence-corrected chi connectivity index (χ3v) is 2.98. The second kappa shape index (κ2) is 7.90. The van der Waals surface area contributed by atoms with Crippen LogP contribution < -0.4 is 16.1 Å². The van der Waals surface area contributed by atoms with Crippen LogP contribution in [-0.2, 0) is 4.79 Å². The predicted octanol–water partition coefficient (Wildman–Crippen LogP) is 2.12. The number of carbonyl (C=O) groups is 1. The lowest BCUT2D eigenvalue weighted by Gasteiger charge is -2.09. The van der Waals surface area contributed by atoms with E-state index in [9.17, 15) is 4.79 Å². The van der Waals surface area contributed by atoms with Crippen molar-refractivity contribution in [2.75, 3.05) is 12.4 Å². The summed E-state index contributed by atoms with van der Waals surface area (Å²) in [4.78, 5) is 11.9. The second-order valence-electron chi connectivity index (χ2n) is 4.34. The van der Waals surface area contributed by atoms with Gasteiger partial charge in [-0.15, -0.1) is 0 Å². The monoisotopic (exact) mass is 312 g/mol. The molecule has 0 saturated carbocycles. The Kier molecular flexibility index (Phi) is 5.62. The number of carbonyl (C=O) groups excluding carboxylic acids is 1. The molecule has 22 heavy (non-hydrogen) atoms. The Bertz CT molecular complexity index is 671. The molecule has 0 radical (unpaired) electrons. The summed E-state index contributed by atoms with van der Waals surface area (Å²) in [7, 11) is 1.56. The van der Waals surface area contributed by atoms with Crippen LogP contribution in [0.5, 0.6) is 0 Å². The summed E-state index contributed by atoms with van der Waals surface area (Å²) >= 11 is 5.17. The molecular formula is C16H16N4OS. The van der Waals surface area contributed by atoms with Crippen molar-refractivity contribution >= 4 is 34.6 Å². The maximum atomic E-state index is 11.9. The Morgan fingerprint density at radius 2 is 1.59 bits per heavy atom. The molecule has 0 aliphatic carbocycles. The third-order valence-electron chi connectivity index (χ3n) is 2.79. The summed E-state index contributed by atoms with van der Waals surface area (Å²) < 4.78 is 0. The largest absolute Gasteiger partial charge is 0.354 e. The van der Waals surface area contributed by atoms with Crippen molar-refractivity contribution < 1.29 is 4.79 Å². The molecule has 0 aliphatic heterocycles.